The summed E-state index contributed by atoms with van der Waals surface area (Å²) in [6.07, 6.45) is 1.71. The predicted molar refractivity (Wildman–Crippen MR) is 130 cm³/mol. The van der Waals surface area contributed by atoms with Crippen molar-refractivity contribution in [3.8, 4) is 11.1 Å². The Bertz CT molecular complexity index is 1210. The molecule has 0 saturated carbocycles. The number of amides is 2. The Morgan fingerprint density at radius 3 is 2.31 bits per heavy atom. The lowest BCUT2D eigenvalue weighted by Crippen LogP contribution is -2.37. The van der Waals surface area contributed by atoms with Crippen molar-refractivity contribution < 1.29 is 24.2 Å². The molecule has 2 aromatic carbocycles. The van der Waals surface area contributed by atoms with Crippen LogP contribution in [0, 0.1) is 0 Å². The number of nitrogens with zero attached hydrogens (tertiary/aromatic N) is 2. The lowest BCUT2D eigenvalue weighted by Gasteiger charge is -2.17. The number of nitrogens with one attached hydrogen (secondary N) is 2. The minimum atomic E-state index is -0.995. The molecule has 0 fully saturated rings. The van der Waals surface area contributed by atoms with Crippen LogP contribution < -0.4 is 10.6 Å². The fourth-order valence-corrected chi connectivity index (χ4v) is 4.58. The third kappa shape index (κ3) is 5.18. The number of carbonyl (C=O) groups is 3. The number of carbonyl (C=O) groups excluding carboxylic acids is 2. The number of hydrogen-bond donors (Lipinski definition) is 3. The number of aromatic nitrogens is 2. The van der Waals surface area contributed by atoms with E-state index < -0.39 is 24.0 Å². The molecule has 0 radical (unpaired) electrons. The molecule has 0 aliphatic heterocycles. The van der Waals surface area contributed by atoms with Crippen LogP contribution >= 0.6 is 0 Å². The quantitative estimate of drug-likeness (QED) is 0.426. The first-order valence-corrected chi connectivity index (χ1v) is 11.6. The van der Waals surface area contributed by atoms with Gasteiger partial charge in [-0.25, -0.2) is 4.79 Å². The topological polar surface area (TPSA) is 123 Å². The van der Waals surface area contributed by atoms with Crippen LogP contribution in [0.3, 0.4) is 0 Å². The molecule has 1 aromatic heterocycles. The summed E-state index contributed by atoms with van der Waals surface area (Å²) in [6.45, 7) is 2.05. The van der Waals surface area contributed by atoms with Crippen molar-refractivity contribution in [2.24, 2.45) is 7.05 Å². The standard InChI is InChI=1S/C26H28N4O5/c1-3-8-16(13-23(31)32)28-25(33)24-22(14-27-30(24)2)29-26(34)35-15-21-19-11-6-4-9-17(19)18-10-5-7-12-20(18)21/h4-7,9-12,14,16,21H,3,8,13,15H2,1-2H3,(H,28,33)(H,29,34)(H,31,32). The van der Waals surface area contributed by atoms with E-state index in [4.69, 9.17) is 9.84 Å². The third-order valence-electron chi connectivity index (χ3n) is 6.13. The molecule has 4 rings (SSSR count). The normalized spacial score (nSPS) is 13.0. The molecule has 2 amide bonds. The molecule has 1 unspecified atom stereocenters. The van der Waals surface area contributed by atoms with Gasteiger partial charge in [-0.15, -0.1) is 0 Å². The lowest BCUT2D eigenvalue weighted by atomic mass is 9.98. The molecule has 3 N–H and O–H groups in total. The highest BCUT2D eigenvalue weighted by Gasteiger charge is 2.29. The van der Waals surface area contributed by atoms with Crippen LogP contribution in [0.4, 0.5) is 10.5 Å². The molecule has 9 nitrogen and oxygen atoms in total. The Kier molecular flexibility index (Phi) is 7.14. The Morgan fingerprint density at radius 2 is 1.71 bits per heavy atom. The Labute approximate surface area is 203 Å². The number of aryl methyl sites for hydroxylation is 1. The van der Waals surface area contributed by atoms with Gasteiger partial charge in [-0.1, -0.05) is 61.9 Å². The van der Waals surface area contributed by atoms with Crippen molar-refractivity contribution in [2.75, 3.05) is 11.9 Å². The number of hydrogen-bond acceptors (Lipinski definition) is 5. The summed E-state index contributed by atoms with van der Waals surface area (Å²) in [4.78, 5) is 36.7. The van der Waals surface area contributed by atoms with E-state index in [9.17, 15) is 14.4 Å². The fourth-order valence-electron chi connectivity index (χ4n) is 4.58. The number of rotatable bonds is 9. The highest BCUT2D eigenvalue weighted by atomic mass is 16.5. The highest BCUT2D eigenvalue weighted by Crippen LogP contribution is 2.44. The number of fused-ring (bicyclic) bond motifs is 3. The van der Waals surface area contributed by atoms with Crippen molar-refractivity contribution in [2.45, 2.75) is 38.1 Å². The van der Waals surface area contributed by atoms with E-state index in [0.717, 1.165) is 22.3 Å². The van der Waals surface area contributed by atoms with E-state index in [0.29, 0.717) is 12.8 Å². The average molecular weight is 477 g/mol. The number of carboxylic acids is 1. The van der Waals surface area contributed by atoms with Gasteiger partial charge in [0.05, 0.1) is 18.3 Å². The van der Waals surface area contributed by atoms with E-state index in [1.54, 1.807) is 7.05 Å². The van der Waals surface area contributed by atoms with Gasteiger partial charge in [0.25, 0.3) is 5.91 Å². The monoisotopic (exact) mass is 476 g/mol. The maximum Gasteiger partial charge on any atom is 0.411 e. The number of benzene rings is 2. The zero-order valence-corrected chi connectivity index (χ0v) is 19.7. The van der Waals surface area contributed by atoms with Gasteiger partial charge in [0.1, 0.15) is 12.3 Å². The van der Waals surface area contributed by atoms with Crippen molar-refractivity contribution >= 4 is 23.7 Å². The summed E-state index contributed by atoms with van der Waals surface area (Å²) in [7, 11) is 1.57. The fraction of sp³-hybridized carbons (Fsp3) is 0.308. The Hall–Kier alpha value is -4.14. The summed E-state index contributed by atoms with van der Waals surface area (Å²) in [5, 5.41) is 18.5. The van der Waals surface area contributed by atoms with Crippen LogP contribution in [0.5, 0.6) is 0 Å². The average Bonchev–Trinajstić information content (AvgIpc) is 3.35. The number of carboxylic acid groups (broad SMARTS) is 1. The predicted octanol–water partition coefficient (Wildman–Crippen LogP) is 4.15. The first-order chi connectivity index (χ1) is 16.9. The van der Waals surface area contributed by atoms with Crippen LogP contribution in [0.1, 0.15) is 53.7 Å². The zero-order valence-electron chi connectivity index (χ0n) is 19.7. The van der Waals surface area contributed by atoms with E-state index in [-0.39, 0.29) is 30.3 Å². The first kappa shape index (κ1) is 24.0. The second-order valence-electron chi connectivity index (χ2n) is 8.54. The molecule has 35 heavy (non-hydrogen) atoms. The van der Waals surface area contributed by atoms with Crippen LogP contribution in [-0.4, -0.2) is 45.5 Å². The number of anilines is 1. The van der Waals surface area contributed by atoms with E-state index >= 15 is 0 Å². The van der Waals surface area contributed by atoms with Crippen molar-refractivity contribution in [3.05, 3.63) is 71.5 Å². The Morgan fingerprint density at radius 1 is 1.09 bits per heavy atom. The van der Waals surface area contributed by atoms with Crippen LogP contribution in [0.15, 0.2) is 54.7 Å². The largest absolute Gasteiger partial charge is 0.481 e. The summed E-state index contributed by atoms with van der Waals surface area (Å²) in [5.41, 5.74) is 4.77. The molecule has 182 valence electrons. The maximum absolute atomic E-state index is 12.9. The van der Waals surface area contributed by atoms with Gasteiger partial charge < -0.3 is 15.2 Å². The first-order valence-electron chi connectivity index (χ1n) is 11.6. The van der Waals surface area contributed by atoms with Gasteiger partial charge >= 0.3 is 12.1 Å². The molecule has 0 bridgehead atoms. The van der Waals surface area contributed by atoms with E-state index in [1.165, 1.54) is 10.9 Å². The SMILES string of the molecule is CCCC(CC(=O)O)NC(=O)c1c(NC(=O)OCC2c3ccccc3-c3ccccc32)cnn1C. The van der Waals surface area contributed by atoms with Gasteiger partial charge in [-0.05, 0) is 28.7 Å². The molecule has 9 heteroatoms. The molecule has 0 spiro atoms. The van der Waals surface area contributed by atoms with Crippen LogP contribution in [0.25, 0.3) is 11.1 Å². The number of ether oxygens (including phenoxy) is 1. The molecule has 0 saturated heterocycles. The minimum Gasteiger partial charge on any atom is -0.481 e. The molecular weight excluding hydrogens is 448 g/mol. The van der Waals surface area contributed by atoms with Crippen molar-refractivity contribution in [1.82, 2.24) is 15.1 Å². The summed E-state index contributed by atoms with van der Waals surface area (Å²) in [6, 6.07) is 15.6. The van der Waals surface area contributed by atoms with E-state index in [1.807, 2.05) is 43.3 Å². The van der Waals surface area contributed by atoms with Gasteiger partial charge in [-0.2, -0.15) is 5.10 Å². The summed E-state index contributed by atoms with van der Waals surface area (Å²) < 4.78 is 6.89. The molecule has 1 heterocycles. The van der Waals surface area contributed by atoms with Crippen LogP contribution in [-0.2, 0) is 16.6 Å². The van der Waals surface area contributed by atoms with Gasteiger partial charge in [0.15, 0.2) is 0 Å². The van der Waals surface area contributed by atoms with E-state index in [2.05, 4.69) is 27.9 Å². The maximum atomic E-state index is 12.9. The molecule has 1 aliphatic rings. The van der Waals surface area contributed by atoms with Crippen molar-refractivity contribution in [1.29, 1.82) is 0 Å². The second-order valence-corrected chi connectivity index (χ2v) is 8.54. The number of aliphatic carboxylic acids is 1. The molecule has 3 aromatic rings. The van der Waals surface area contributed by atoms with Gasteiger partial charge in [-0.3, -0.25) is 19.6 Å². The summed E-state index contributed by atoms with van der Waals surface area (Å²) in [5.74, 6) is -1.60. The highest BCUT2D eigenvalue weighted by molar-refractivity contribution is 6.01. The minimum absolute atomic E-state index is 0.0874. The summed E-state index contributed by atoms with van der Waals surface area (Å²) >= 11 is 0. The lowest BCUT2D eigenvalue weighted by molar-refractivity contribution is -0.137. The molecule has 1 atom stereocenters. The third-order valence-corrected chi connectivity index (χ3v) is 6.13. The van der Waals surface area contributed by atoms with Crippen LogP contribution in [0.2, 0.25) is 0 Å². The molecular formula is C26H28N4O5. The second kappa shape index (κ2) is 10.4. The smallest absolute Gasteiger partial charge is 0.411 e. The van der Waals surface area contributed by atoms with Gasteiger partial charge in [0, 0.05) is 19.0 Å². The van der Waals surface area contributed by atoms with Crippen molar-refractivity contribution in [3.63, 3.8) is 0 Å². The Balaban J connectivity index is 1.44. The zero-order chi connectivity index (χ0) is 24.9. The molecule has 1 aliphatic carbocycles. The van der Waals surface area contributed by atoms with Gasteiger partial charge in [0.2, 0.25) is 0 Å².